The van der Waals surface area contributed by atoms with E-state index in [0.717, 1.165) is 0 Å². The number of hydrogen-bond acceptors (Lipinski definition) is 2. The maximum absolute atomic E-state index is 12.4. The Hall–Kier alpha value is -2.05. The summed E-state index contributed by atoms with van der Waals surface area (Å²) in [4.78, 5) is 22.5. The second-order valence-corrected chi connectivity index (χ2v) is 3.86. The van der Waals surface area contributed by atoms with E-state index in [0.29, 0.717) is 10.5 Å². The van der Waals surface area contributed by atoms with Crippen LogP contribution in [0.5, 0.6) is 0 Å². The van der Waals surface area contributed by atoms with Crippen molar-refractivity contribution in [1.29, 1.82) is 0 Å². The third-order valence-electron chi connectivity index (χ3n) is 2.72. The predicted octanol–water partition coefficient (Wildman–Crippen LogP) is 1.59. The van der Waals surface area contributed by atoms with E-state index in [1.165, 1.54) is 18.2 Å². The van der Waals surface area contributed by atoms with Gasteiger partial charge in [0.15, 0.2) is 0 Å². The van der Waals surface area contributed by atoms with E-state index in [9.17, 15) is 22.8 Å². The lowest BCUT2D eigenvalue weighted by Crippen LogP contribution is -2.48. The molecule has 1 atom stereocenters. The van der Waals surface area contributed by atoms with Crippen molar-refractivity contribution >= 4 is 17.6 Å². The molecule has 1 aromatic carbocycles. The largest absolute Gasteiger partial charge is 0.480 e. The van der Waals surface area contributed by atoms with E-state index in [1.807, 2.05) is 0 Å². The predicted molar refractivity (Wildman–Crippen MR) is 55.1 cm³/mol. The number of benzene rings is 1. The summed E-state index contributed by atoms with van der Waals surface area (Å²) in [5.41, 5.74) is 0.426. The van der Waals surface area contributed by atoms with Crippen molar-refractivity contribution in [2.45, 2.75) is 18.6 Å². The lowest BCUT2D eigenvalue weighted by Gasteiger charge is -2.23. The normalized spacial score (nSPS) is 18.6. The molecule has 18 heavy (non-hydrogen) atoms. The minimum Gasteiger partial charge on any atom is -0.480 e. The van der Waals surface area contributed by atoms with E-state index in [-0.39, 0.29) is 12.1 Å². The lowest BCUT2D eigenvalue weighted by atomic mass is 10.1. The first-order chi connectivity index (χ1) is 8.32. The van der Waals surface area contributed by atoms with Gasteiger partial charge in [0.1, 0.15) is 6.04 Å². The van der Waals surface area contributed by atoms with E-state index in [4.69, 9.17) is 5.11 Å². The molecule has 7 heteroatoms. The average molecular weight is 259 g/mol. The Bertz CT molecular complexity index is 513. The number of carbonyl (C=O) groups excluding carboxylic acids is 1. The summed E-state index contributed by atoms with van der Waals surface area (Å²) in [7, 11) is 0. The van der Waals surface area contributed by atoms with Crippen LogP contribution >= 0.6 is 0 Å². The number of carboxylic acid groups (broad SMARTS) is 1. The van der Waals surface area contributed by atoms with Crippen molar-refractivity contribution in [1.82, 2.24) is 0 Å². The number of para-hydroxylation sites is 1. The molecule has 0 saturated heterocycles. The highest BCUT2D eigenvalue weighted by Gasteiger charge is 2.49. The van der Waals surface area contributed by atoms with Gasteiger partial charge in [0, 0.05) is 12.1 Å². The van der Waals surface area contributed by atoms with Crippen LogP contribution in [-0.2, 0) is 16.0 Å². The van der Waals surface area contributed by atoms with Gasteiger partial charge in [-0.15, -0.1) is 0 Å². The van der Waals surface area contributed by atoms with E-state index >= 15 is 0 Å². The number of alkyl halides is 3. The molecule has 0 fully saturated rings. The van der Waals surface area contributed by atoms with Gasteiger partial charge in [-0.2, -0.15) is 13.2 Å². The van der Waals surface area contributed by atoms with Crippen LogP contribution in [0.15, 0.2) is 24.3 Å². The summed E-state index contributed by atoms with van der Waals surface area (Å²) in [5.74, 6) is -3.61. The van der Waals surface area contributed by atoms with Crippen molar-refractivity contribution in [2.75, 3.05) is 4.90 Å². The Labute approximate surface area is 99.6 Å². The first kappa shape index (κ1) is 12.4. The molecule has 1 aliphatic heterocycles. The van der Waals surface area contributed by atoms with Gasteiger partial charge in [0.2, 0.25) is 0 Å². The smallest absolute Gasteiger partial charge is 0.471 e. The zero-order valence-corrected chi connectivity index (χ0v) is 8.94. The topological polar surface area (TPSA) is 57.6 Å². The Morgan fingerprint density at radius 3 is 2.44 bits per heavy atom. The van der Waals surface area contributed by atoms with Gasteiger partial charge >= 0.3 is 18.1 Å². The highest BCUT2D eigenvalue weighted by molar-refractivity contribution is 6.04. The average Bonchev–Trinajstić information content (AvgIpc) is 2.65. The Morgan fingerprint density at radius 2 is 1.89 bits per heavy atom. The van der Waals surface area contributed by atoms with Crippen molar-refractivity contribution < 1.29 is 27.9 Å². The summed E-state index contributed by atoms with van der Waals surface area (Å²) >= 11 is 0. The number of hydrogen-bond donors (Lipinski definition) is 1. The van der Waals surface area contributed by atoms with Crippen molar-refractivity contribution in [3.8, 4) is 0 Å². The van der Waals surface area contributed by atoms with Crippen LogP contribution in [0.25, 0.3) is 0 Å². The summed E-state index contributed by atoms with van der Waals surface area (Å²) in [5, 5.41) is 8.91. The first-order valence-corrected chi connectivity index (χ1v) is 5.03. The Kier molecular flexibility index (Phi) is 2.76. The van der Waals surface area contributed by atoms with Gasteiger partial charge in [-0.1, -0.05) is 18.2 Å². The zero-order valence-electron chi connectivity index (χ0n) is 8.94. The monoisotopic (exact) mass is 259 g/mol. The number of halogens is 3. The van der Waals surface area contributed by atoms with Crippen molar-refractivity contribution in [2.24, 2.45) is 0 Å². The van der Waals surface area contributed by atoms with Crippen molar-refractivity contribution in [3.05, 3.63) is 29.8 Å². The van der Waals surface area contributed by atoms with Crippen LogP contribution in [0.1, 0.15) is 5.56 Å². The minimum atomic E-state index is -5.09. The van der Waals surface area contributed by atoms with E-state index in [2.05, 4.69) is 0 Å². The number of carboxylic acids is 1. The highest BCUT2D eigenvalue weighted by Crippen LogP contribution is 2.35. The number of anilines is 1. The van der Waals surface area contributed by atoms with Crippen LogP contribution in [0, 0.1) is 0 Å². The fourth-order valence-electron chi connectivity index (χ4n) is 1.97. The van der Waals surface area contributed by atoms with Gasteiger partial charge in [-0.05, 0) is 11.6 Å². The molecule has 96 valence electrons. The summed E-state index contributed by atoms with van der Waals surface area (Å²) in [6.07, 6.45) is -5.21. The molecule has 0 aromatic heterocycles. The SMILES string of the molecule is O=C(O)[C@H]1Cc2ccccc2N1C(=O)C(F)(F)F. The molecule has 0 aliphatic carbocycles. The molecule has 1 N–H and O–H groups in total. The Morgan fingerprint density at radius 1 is 1.28 bits per heavy atom. The van der Waals surface area contributed by atoms with E-state index in [1.54, 1.807) is 6.07 Å². The number of aliphatic carboxylic acids is 1. The number of fused-ring (bicyclic) bond motifs is 1. The molecule has 0 saturated carbocycles. The van der Waals surface area contributed by atoms with Crippen LogP contribution in [-0.4, -0.2) is 29.2 Å². The van der Waals surface area contributed by atoms with Gasteiger partial charge in [-0.25, -0.2) is 4.79 Å². The molecule has 1 aromatic rings. The minimum absolute atomic E-state index is 0.00669. The molecule has 0 spiro atoms. The van der Waals surface area contributed by atoms with E-state index < -0.39 is 24.1 Å². The molecule has 0 unspecified atom stereocenters. The lowest BCUT2D eigenvalue weighted by molar-refractivity contribution is -0.171. The number of carbonyl (C=O) groups is 2. The number of amides is 1. The highest BCUT2D eigenvalue weighted by atomic mass is 19.4. The maximum Gasteiger partial charge on any atom is 0.471 e. The second-order valence-electron chi connectivity index (χ2n) is 3.86. The van der Waals surface area contributed by atoms with Crippen LogP contribution in [0.4, 0.5) is 18.9 Å². The molecular weight excluding hydrogens is 251 g/mol. The quantitative estimate of drug-likeness (QED) is 0.833. The first-order valence-electron chi connectivity index (χ1n) is 5.03. The Balaban J connectivity index is 2.47. The third kappa shape index (κ3) is 1.92. The van der Waals surface area contributed by atoms with Gasteiger partial charge in [0.05, 0.1) is 0 Å². The molecule has 2 rings (SSSR count). The number of rotatable bonds is 1. The summed E-state index contributed by atoms with van der Waals surface area (Å²) < 4.78 is 37.3. The van der Waals surface area contributed by atoms with Crippen molar-refractivity contribution in [3.63, 3.8) is 0 Å². The summed E-state index contributed by atoms with van der Waals surface area (Å²) in [6, 6.07) is 4.35. The zero-order chi connectivity index (χ0) is 13.5. The fraction of sp³-hybridized carbons (Fsp3) is 0.273. The third-order valence-corrected chi connectivity index (χ3v) is 2.72. The van der Waals surface area contributed by atoms with Gasteiger partial charge in [0.25, 0.3) is 0 Å². The van der Waals surface area contributed by atoms with Gasteiger partial charge in [-0.3, -0.25) is 9.69 Å². The van der Waals surface area contributed by atoms with Crippen LogP contribution in [0.3, 0.4) is 0 Å². The van der Waals surface area contributed by atoms with Gasteiger partial charge < -0.3 is 5.11 Å². The molecule has 1 heterocycles. The maximum atomic E-state index is 12.4. The second kappa shape index (κ2) is 4.01. The molecule has 1 amide bonds. The van der Waals surface area contributed by atoms with Crippen LogP contribution in [0.2, 0.25) is 0 Å². The molecule has 4 nitrogen and oxygen atoms in total. The number of nitrogens with zero attached hydrogens (tertiary/aromatic N) is 1. The molecular formula is C11H8F3NO3. The standard InChI is InChI=1S/C11H8F3NO3/c12-11(13,14)10(18)15-7-4-2-1-3-6(7)5-8(15)9(16)17/h1-4,8H,5H2,(H,16,17)/t8-/m1/s1. The molecule has 0 bridgehead atoms. The fourth-order valence-corrected chi connectivity index (χ4v) is 1.97. The summed E-state index contributed by atoms with van der Waals surface area (Å²) in [6.45, 7) is 0. The molecule has 1 aliphatic rings. The van der Waals surface area contributed by atoms with Crippen LogP contribution < -0.4 is 4.90 Å². The molecule has 0 radical (unpaired) electrons.